The second-order valence-corrected chi connectivity index (χ2v) is 6.30. The normalized spacial score (nSPS) is 15.7. The van der Waals surface area contributed by atoms with E-state index in [1.165, 1.54) is 19.3 Å². The van der Waals surface area contributed by atoms with Crippen LogP contribution < -0.4 is 5.32 Å². The van der Waals surface area contributed by atoms with Gasteiger partial charge in [-0.1, -0.05) is 19.3 Å². The second kappa shape index (κ2) is 6.57. The Balaban J connectivity index is 2.12. The Morgan fingerprint density at radius 1 is 1.32 bits per heavy atom. The maximum atomic E-state index is 11.5. The molecule has 0 aliphatic heterocycles. The monoisotopic (exact) mass is 315 g/mol. The molecule has 0 bridgehead atoms. The molecule has 5 heteroatoms. The van der Waals surface area contributed by atoms with Crippen molar-refractivity contribution in [3.63, 3.8) is 0 Å². The maximum absolute atomic E-state index is 11.5. The van der Waals surface area contributed by atoms with E-state index >= 15 is 0 Å². The zero-order valence-electron chi connectivity index (χ0n) is 12.7. The highest BCUT2D eigenvalue weighted by Crippen LogP contribution is 2.35. The molecule has 2 aromatic rings. The number of hydrogen-bond acceptors (Lipinski definition) is 4. The lowest BCUT2D eigenvalue weighted by molar-refractivity contribution is 0.111. The Labute approximate surface area is 136 Å². The van der Waals surface area contributed by atoms with Crippen LogP contribution in [0.15, 0.2) is 29.3 Å². The second-order valence-electron chi connectivity index (χ2n) is 5.78. The molecule has 0 amide bonds. The number of aldehydes is 1. The predicted molar refractivity (Wildman–Crippen MR) is 91.6 cm³/mol. The maximum Gasteiger partial charge on any atom is 0.168 e. The highest BCUT2D eigenvalue weighted by Gasteiger charge is 2.23. The van der Waals surface area contributed by atoms with Crippen LogP contribution in [0.3, 0.4) is 0 Å². The van der Waals surface area contributed by atoms with Crippen molar-refractivity contribution in [1.82, 2.24) is 9.55 Å². The number of thiol groups is 1. The summed E-state index contributed by atoms with van der Waals surface area (Å²) in [7, 11) is 1.88. The number of carbonyl (C=O) groups is 1. The molecule has 22 heavy (non-hydrogen) atoms. The van der Waals surface area contributed by atoms with Crippen LogP contribution >= 0.6 is 12.6 Å². The summed E-state index contributed by atoms with van der Waals surface area (Å²) in [6, 6.07) is 5.91. The first kappa shape index (κ1) is 15.2. The summed E-state index contributed by atoms with van der Waals surface area (Å²) in [6.45, 7) is 0. The van der Waals surface area contributed by atoms with Crippen molar-refractivity contribution >= 4 is 24.6 Å². The number of imidazole rings is 1. The molecule has 1 aliphatic rings. The van der Waals surface area contributed by atoms with Crippen LogP contribution in [0.25, 0.3) is 5.69 Å². The van der Waals surface area contributed by atoms with Gasteiger partial charge in [0.1, 0.15) is 11.5 Å². The van der Waals surface area contributed by atoms with Gasteiger partial charge in [0.2, 0.25) is 0 Å². The molecule has 1 heterocycles. The molecule has 4 nitrogen and oxygen atoms in total. The van der Waals surface area contributed by atoms with E-state index in [-0.39, 0.29) is 0 Å². The van der Waals surface area contributed by atoms with E-state index in [0.717, 1.165) is 41.2 Å². The number of carbonyl (C=O) groups excluding carboxylic acids is 1. The van der Waals surface area contributed by atoms with Crippen molar-refractivity contribution in [2.24, 2.45) is 0 Å². The molecule has 116 valence electrons. The first-order chi connectivity index (χ1) is 10.7. The van der Waals surface area contributed by atoms with Crippen molar-refractivity contribution < 1.29 is 4.79 Å². The Kier molecular flexibility index (Phi) is 4.52. The lowest BCUT2D eigenvalue weighted by Crippen LogP contribution is -2.13. The highest BCUT2D eigenvalue weighted by molar-refractivity contribution is 7.80. The fourth-order valence-electron chi connectivity index (χ4n) is 3.29. The Morgan fingerprint density at radius 3 is 2.77 bits per heavy atom. The van der Waals surface area contributed by atoms with E-state index in [2.05, 4.69) is 22.9 Å². The minimum Gasteiger partial charge on any atom is -0.386 e. The topological polar surface area (TPSA) is 46.9 Å². The Morgan fingerprint density at radius 2 is 2.09 bits per heavy atom. The van der Waals surface area contributed by atoms with Gasteiger partial charge in [-0.2, -0.15) is 0 Å². The van der Waals surface area contributed by atoms with Crippen LogP contribution in [-0.2, 0) is 0 Å². The van der Waals surface area contributed by atoms with Gasteiger partial charge >= 0.3 is 0 Å². The van der Waals surface area contributed by atoms with Gasteiger partial charge in [-0.3, -0.25) is 9.36 Å². The number of aromatic nitrogens is 2. The van der Waals surface area contributed by atoms with E-state index < -0.39 is 0 Å². The fourth-order valence-corrected chi connectivity index (χ4v) is 3.50. The molecule has 0 atom stereocenters. The quantitative estimate of drug-likeness (QED) is 0.660. The summed E-state index contributed by atoms with van der Waals surface area (Å²) < 4.78 is 2.00. The van der Waals surface area contributed by atoms with Crippen LogP contribution in [0.5, 0.6) is 0 Å². The molecular weight excluding hydrogens is 294 g/mol. The third-order valence-electron chi connectivity index (χ3n) is 4.40. The van der Waals surface area contributed by atoms with Crippen molar-refractivity contribution in [3.8, 4) is 5.69 Å². The molecule has 3 rings (SSSR count). The molecule has 1 fully saturated rings. The molecule has 0 saturated heterocycles. The van der Waals surface area contributed by atoms with E-state index in [1.54, 1.807) is 6.20 Å². The van der Waals surface area contributed by atoms with Gasteiger partial charge < -0.3 is 5.32 Å². The van der Waals surface area contributed by atoms with E-state index in [4.69, 9.17) is 0 Å². The summed E-state index contributed by atoms with van der Waals surface area (Å²) in [5, 5.41) is 3.19. The average molecular weight is 315 g/mol. The lowest BCUT2D eigenvalue weighted by Gasteiger charge is -2.23. The first-order valence-electron chi connectivity index (χ1n) is 7.78. The van der Waals surface area contributed by atoms with Gasteiger partial charge in [-0.05, 0) is 31.0 Å². The summed E-state index contributed by atoms with van der Waals surface area (Å²) in [6.07, 6.45) is 8.64. The molecule has 0 spiro atoms. The smallest absolute Gasteiger partial charge is 0.168 e. The first-order valence-corrected chi connectivity index (χ1v) is 8.23. The number of benzene rings is 1. The molecule has 1 aliphatic carbocycles. The Bertz CT molecular complexity index is 675. The predicted octanol–water partition coefficient (Wildman–Crippen LogP) is 4.06. The average Bonchev–Trinajstić information content (AvgIpc) is 2.99. The van der Waals surface area contributed by atoms with E-state index in [1.807, 2.05) is 29.8 Å². The fraction of sp³-hybridized carbons (Fsp3) is 0.412. The van der Waals surface area contributed by atoms with Crippen molar-refractivity contribution in [1.29, 1.82) is 0 Å². The van der Waals surface area contributed by atoms with Crippen LogP contribution in [0.2, 0.25) is 0 Å². The zero-order chi connectivity index (χ0) is 15.5. The lowest BCUT2D eigenvalue weighted by atomic mass is 9.88. The summed E-state index contributed by atoms with van der Waals surface area (Å²) in [4.78, 5) is 16.9. The summed E-state index contributed by atoms with van der Waals surface area (Å²) in [5.74, 6) is 1.44. The van der Waals surface area contributed by atoms with Gasteiger partial charge in [-0.15, -0.1) is 12.6 Å². The van der Waals surface area contributed by atoms with Gasteiger partial charge in [0.25, 0.3) is 0 Å². The van der Waals surface area contributed by atoms with Crippen LogP contribution in [0.1, 0.15) is 54.3 Å². The third kappa shape index (κ3) is 2.77. The standard InChI is InChI=1S/C17H21N3OS/c1-18-15-9-14(22)7-8-16(15)20-13(11-21)10-19-17(20)12-5-3-2-4-6-12/h7-12,18,22H,2-6H2,1H3. The number of hydrogen-bond donors (Lipinski definition) is 2. The van der Waals surface area contributed by atoms with Gasteiger partial charge in [-0.25, -0.2) is 4.98 Å². The zero-order valence-corrected chi connectivity index (χ0v) is 13.6. The minimum atomic E-state index is 0.433. The molecular formula is C17H21N3OS. The van der Waals surface area contributed by atoms with Crippen molar-refractivity contribution in [3.05, 3.63) is 35.9 Å². The summed E-state index contributed by atoms with van der Waals surface area (Å²) in [5.41, 5.74) is 2.51. The van der Waals surface area contributed by atoms with Crippen LogP contribution in [0.4, 0.5) is 5.69 Å². The largest absolute Gasteiger partial charge is 0.386 e. The molecule has 1 saturated carbocycles. The van der Waals surface area contributed by atoms with Crippen molar-refractivity contribution in [2.75, 3.05) is 12.4 Å². The SMILES string of the molecule is CNc1cc(S)ccc1-n1c(C=O)cnc1C1CCCCC1. The molecule has 1 aromatic carbocycles. The summed E-state index contributed by atoms with van der Waals surface area (Å²) >= 11 is 4.39. The number of nitrogens with zero attached hydrogens (tertiary/aromatic N) is 2. The van der Waals surface area contributed by atoms with Crippen LogP contribution in [0, 0.1) is 0 Å². The van der Waals surface area contributed by atoms with E-state index in [9.17, 15) is 4.79 Å². The van der Waals surface area contributed by atoms with Gasteiger partial charge in [0.05, 0.1) is 17.6 Å². The minimum absolute atomic E-state index is 0.433. The molecule has 1 N–H and O–H groups in total. The highest BCUT2D eigenvalue weighted by atomic mass is 32.1. The van der Waals surface area contributed by atoms with Crippen molar-refractivity contribution in [2.45, 2.75) is 42.9 Å². The number of rotatable bonds is 4. The van der Waals surface area contributed by atoms with Gasteiger partial charge in [0.15, 0.2) is 6.29 Å². The Hall–Kier alpha value is -1.75. The molecule has 0 radical (unpaired) electrons. The molecule has 0 unspecified atom stereocenters. The van der Waals surface area contributed by atoms with E-state index in [0.29, 0.717) is 11.6 Å². The molecule has 1 aromatic heterocycles. The van der Waals surface area contributed by atoms with Gasteiger partial charge in [0, 0.05) is 17.9 Å². The number of anilines is 1. The third-order valence-corrected chi connectivity index (χ3v) is 4.68. The number of nitrogens with one attached hydrogen (secondary N) is 1. The van der Waals surface area contributed by atoms with Crippen LogP contribution in [-0.4, -0.2) is 22.9 Å².